The Labute approximate surface area is 119 Å². The van der Waals surface area contributed by atoms with Gasteiger partial charge in [-0.15, -0.1) is 0 Å². The largest absolute Gasteiger partial charge is 0.485 e. The Morgan fingerprint density at radius 2 is 1.95 bits per heavy atom. The first-order chi connectivity index (χ1) is 9.78. The lowest BCUT2D eigenvalue weighted by atomic mass is 10.0. The molecule has 2 aliphatic heterocycles. The fourth-order valence-corrected chi connectivity index (χ4v) is 2.62. The molecule has 6 heteroatoms. The van der Waals surface area contributed by atoms with Crippen molar-refractivity contribution in [3.8, 4) is 11.5 Å². The second-order valence-electron chi connectivity index (χ2n) is 5.32. The van der Waals surface area contributed by atoms with Crippen LogP contribution in [-0.4, -0.2) is 51.5 Å². The Kier molecular flexibility index (Phi) is 3.69. The second-order valence-corrected chi connectivity index (χ2v) is 5.32. The highest BCUT2D eigenvalue weighted by Crippen LogP contribution is 2.42. The molecule has 110 valence electrons. The normalized spacial score (nSPS) is 20.8. The predicted octanol–water partition coefficient (Wildman–Crippen LogP) is -0.476. The van der Waals surface area contributed by atoms with Crippen LogP contribution in [0.2, 0.25) is 0 Å². The maximum Gasteiger partial charge on any atom is 0.185 e. The predicted molar refractivity (Wildman–Crippen MR) is 78.5 cm³/mol. The lowest BCUT2D eigenvalue weighted by molar-refractivity contribution is 0.00605. The first-order valence-electron chi connectivity index (χ1n) is 7.09. The first kappa shape index (κ1) is 13.5. The van der Waals surface area contributed by atoms with Crippen LogP contribution in [0.5, 0.6) is 11.5 Å². The molecule has 0 amide bonds. The summed E-state index contributed by atoms with van der Waals surface area (Å²) in [6, 6.07) is 5.99. The van der Waals surface area contributed by atoms with Gasteiger partial charge in [0.15, 0.2) is 17.1 Å². The number of anilines is 1. The van der Waals surface area contributed by atoms with Crippen LogP contribution in [-0.2, 0) is 0 Å². The van der Waals surface area contributed by atoms with Crippen LogP contribution in [0.4, 0.5) is 5.69 Å². The number of rotatable bonds is 3. The summed E-state index contributed by atoms with van der Waals surface area (Å²) in [6.45, 7) is 4.96. The number of benzene rings is 1. The molecule has 1 aromatic carbocycles. The molecule has 2 heterocycles. The zero-order valence-electron chi connectivity index (χ0n) is 11.6. The number of nitrogens with one attached hydrogen (secondary N) is 1. The third kappa shape index (κ3) is 2.30. The van der Waals surface area contributed by atoms with Crippen LogP contribution in [0.15, 0.2) is 18.2 Å². The van der Waals surface area contributed by atoms with Gasteiger partial charge in [-0.25, -0.2) is 0 Å². The summed E-state index contributed by atoms with van der Waals surface area (Å²) < 4.78 is 12.0. The van der Waals surface area contributed by atoms with Crippen molar-refractivity contribution in [2.24, 2.45) is 11.5 Å². The van der Waals surface area contributed by atoms with Crippen molar-refractivity contribution in [3.05, 3.63) is 18.2 Å². The van der Waals surface area contributed by atoms with Crippen molar-refractivity contribution in [3.63, 3.8) is 0 Å². The summed E-state index contributed by atoms with van der Waals surface area (Å²) in [4.78, 5) is 2.31. The van der Waals surface area contributed by atoms with Gasteiger partial charge in [-0.05, 0) is 12.1 Å². The molecule has 3 rings (SSSR count). The van der Waals surface area contributed by atoms with Crippen LogP contribution in [0.3, 0.4) is 0 Å². The molecule has 1 fully saturated rings. The van der Waals surface area contributed by atoms with Gasteiger partial charge in [0, 0.05) is 39.3 Å². The number of nitrogens with two attached hydrogens (primary N) is 2. The molecule has 2 aliphatic rings. The Balaban J connectivity index is 1.93. The van der Waals surface area contributed by atoms with Gasteiger partial charge in [-0.1, -0.05) is 6.07 Å². The Bertz CT molecular complexity index is 470. The number of piperazine rings is 1. The number of fused-ring (bicyclic) bond motifs is 1. The lowest BCUT2D eigenvalue weighted by Crippen LogP contribution is -2.56. The van der Waals surface area contributed by atoms with E-state index in [1.165, 1.54) is 0 Å². The van der Waals surface area contributed by atoms with Crippen LogP contribution >= 0.6 is 0 Å². The van der Waals surface area contributed by atoms with Crippen LogP contribution in [0.1, 0.15) is 0 Å². The molecule has 20 heavy (non-hydrogen) atoms. The molecule has 0 spiro atoms. The van der Waals surface area contributed by atoms with Gasteiger partial charge in [0.25, 0.3) is 0 Å². The number of para-hydroxylation sites is 1. The van der Waals surface area contributed by atoms with Gasteiger partial charge in [0.05, 0.1) is 5.69 Å². The highest BCUT2D eigenvalue weighted by Gasteiger charge is 2.37. The van der Waals surface area contributed by atoms with E-state index in [2.05, 4.69) is 16.3 Å². The fourth-order valence-electron chi connectivity index (χ4n) is 2.62. The molecule has 6 nitrogen and oxygen atoms in total. The van der Waals surface area contributed by atoms with E-state index in [1.807, 2.05) is 12.1 Å². The lowest BCUT2D eigenvalue weighted by Gasteiger charge is -2.39. The van der Waals surface area contributed by atoms with E-state index >= 15 is 0 Å². The molecule has 0 atom stereocenters. The summed E-state index contributed by atoms with van der Waals surface area (Å²) >= 11 is 0. The molecular formula is C14H22N4O2. The van der Waals surface area contributed by atoms with Crippen molar-refractivity contribution < 1.29 is 9.47 Å². The van der Waals surface area contributed by atoms with Gasteiger partial charge in [-0.2, -0.15) is 0 Å². The zero-order valence-corrected chi connectivity index (χ0v) is 11.6. The van der Waals surface area contributed by atoms with Crippen molar-refractivity contribution in [1.82, 2.24) is 5.32 Å². The van der Waals surface area contributed by atoms with Crippen molar-refractivity contribution in [2.45, 2.75) is 5.60 Å². The van der Waals surface area contributed by atoms with Crippen LogP contribution < -0.4 is 31.2 Å². The molecule has 1 saturated heterocycles. The van der Waals surface area contributed by atoms with E-state index in [0.717, 1.165) is 43.4 Å². The smallest absolute Gasteiger partial charge is 0.185 e. The Hall–Kier alpha value is -1.50. The van der Waals surface area contributed by atoms with E-state index < -0.39 is 5.60 Å². The summed E-state index contributed by atoms with van der Waals surface area (Å²) in [5, 5.41) is 3.35. The molecule has 0 radical (unpaired) electrons. The van der Waals surface area contributed by atoms with Crippen molar-refractivity contribution in [1.29, 1.82) is 0 Å². The number of hydrogen-bond acceptors (Lipinski definition) is 6. The zero-order chi connectivity index (χ0) is 14.0. The van der Waals surface area contributed by atoms with Crippen molar-refractivity contribution in [2.75, 3.05) is 50.8 Å². The molecule has 0 aromatic heterocycles. The molecular weight excluding hydrogens is 256 g/mol. The molecule has 0 aliphatic carbocycles. The minimum absolute atomic E-state index is 0.346. The number of ether oxygens (including phenoxy) is 2. The minimum Gasteiger partial charge on any atom is -0.485 e. The summed E-state index contributed by atoms with van der Waals surface area (Å²) in [7, 11) is 0. The standard InChI is InChI=1S/C14H22N4O2/c15-8-14(9-16)10-19-12-3-1-2-11(13(12)20-14)18-6-4-17-5-7-18/h1-3,17H,4-10,15-16H2. The van der Waals surface area contributed by atoms with E-state index in [4.69, 9.17) is 20.9 Å². The molecule has 5 N–H and O–H groups in total. The third-order valence-corrected chi connectivity index (χ3v) is 3.97. The summed E-state index contributed by atoms with van der Waals surface area (Å²) in [6.07, 6.45) is 0. The average molecular weight is 278 g/mol. The number of hydrogen-bond donors (Lipinski definition) is 3. The van der Waals surface area contributed by atoms with Gasteiger partial charge < -0.3 is 31.2 Å². The monoisotopic (exact) mass is 278 g/mol. The molecule has 0 saturated carbocycles. The van der Waals surface area contributed by atoms with Gasteiger partial charge in [-0.3, -0.25) is 0 Å². The maximum absolute atomic E-state index is 6.17. The maximum atomic E-state index is 6.17. The minimum atomic E-state index is -0.614. The van der Waals surface area contributed by atoms with Gasteiger partial charge in [0.1, 0.15) is 6.61 Å². The Morgan fingerprint density at radius 3 is 2.65 bits per heavy atom. The van der Waals surface area contributed by atoms with E-state index in [9.17, 15) is 0 Å². The highest BCUT2D eigenvalue weighted by molar-refractivity contribution is 5.65. The van der Waals surface area contributed by atoms with E-state index in [-0.39, 0.29) is 0 Å². The fraction of sp³-hybridized carbons (Fsp3) is 0.571. The van der Waals surface area contributed by atoms with Gasteiger partial charge in [0.2, 0.25) is 0 Å². The van der Waals surface area contributed by atoms with E-state index in [1.54, 1.807) is 0 Å². The summed E-state index contributed by atoms with van der Waals surface area (Å²) in [5.74, 6) is 1.55. The first-order valence-corrected chi connectivity index (χ1v) is 7.09. The number of nitrogens with zero attached hydrogens (tertiary/aromatic N) is 1. The molecule has 1 aromatic rings. The third-order valence-electron chi connectivity index (χ3n) is 3.97. The second kappa shape index (κ2) is 5.47. The quantitative estimate of drug-likeness (QED) is 0.693. The Morgan fingerprint density at radius 1 is 1.20 bits per heavy atom. The van der Waals surface area contributed by atoms with Crippen LogP contribution in [0.25, 0.3) is 0 Å². The van der Waals surface area contributed by atoms with Crippen molar-refractivity contribution >= 4 is 5.69 Å². The molecule has 0 unspecified atom stereocenters. The van der Waals surface area contributed by atoms with Gasteiger partial charge >= 0.3 is 0 Å². The highest BCUT2D eigenvalue weighted by atomic mass is 16.6. The van der Waals surface area contributed by atoms with E-state index in [0.29, 0.717) is 19.7 Å². The SMILES string of the molecule is NCC1(CN)COc2cccc(N3CCNCC3)c2O1. The van der Waals surface area contributed by atoms with Crippen LogP contribution in [0, 0.1) is 0 Å². The summed E-state index contributed by atoms with van der Waals surface area (Å²) in [5.41, 5.74) is 12.1. The topological polar surface area (TPSA) is 85.8 Å². The molecule has 0 bridgehead atoms. The average Bonchev–Trinajstić information content (AvgIpc) is 2.54.